The van der Waals surface area contributed by atoms with E-state index in [-0.39, 0.29) is 5.97 Å². The van der Waals surface area contributed by atoms with Gasteiger partial charge in [-0.05, 0) is 43.3 Å². The summed E-state index contributed by atoms with van der Waals surface area (Å²) in [5.74, 6) is 0.913. The van der Waals surface area contributed by atoms with Crippen LogP contribution in [0, 0.1) is 0 Å². The molecule has 0 unspecified atom stereocenters. The van der Waals surface area contributed by atoms with Gasteiger partial charge in [0.05, 0.1) is 37.6 Å². The van der Waals surface area contributed by atoms with E-state index in [1.807, 2.05) is 30.3 Å². The van der Waals surface area contributed by atoms with Crippen molar-refractivity contribution in [3.8, 4) is 22.8 Å². The fourth-order valence-corrected chi connectivity index (χ4v) is 3.08. The van der Waals surface area contributed by atoms with Gasteiger partial charge in [0.2, 0.25) is 0 Å². The van der Waals surface area contributed by atoms with Crippen LogP contribution in [-0.4, -0.2) is 31.8 Å². The minimum Gasteiger partial charge on any atom is -0.497 e. The van der Waals surface area contributed by atoms with E-state index < -0.39 is 0 Å². The number of hydrogen-bond donors (Lipinski definition) is 0. The molecule has 3 rings (SSSR count). The molecular formula is C20H18BrNO4. The third kappa shape index (κ3) is 3.51. The Balaban J connectivity index is 2.24. The Morgan fingerprint density at radius 3 is 2.58 bits per heavy atom. The molecule has 0 radical (unpaired) electrons. The van der Waals surface area contributed by atoms with E-state index in [1.165, 1.54) is 0 Å². The molecule has 6 heteroatoms. The summed E-state index contributed by atoms with van der Waals surface area (Å²) >= 11 is 3.44. The van der Waals surface area contributed by atoms with Gasteiger partial charge in [0.15, 0.2) is 0 Å². The van der Waals surface area contributed by atoms with Crippen molar-refractivity contribution in [1.29, 1.82) is 0 Å². The molecule has 0 aliphatic carbocycles. The van der Waals surface area contributed by atoms with Crippen LogP contribution in [0.4, 0.5) is 0 Å². The second-order valence-electron chi connectivity index (χ2n) is 5.50. The van der Waals surface area contributed by atoms with Crippen LogP contribution in [0.15, 0.2) is 46.9 Å². The summed E-state index contributed by atoms with van der Waals surface area (Å²) in [5.41, 5.74) is 2.56. The summed E-state index contributed by atoms with van der Waals surface area (Å²) in [6.07, 6.45) is 0. The molecule has 134 valence electrons. The van der Waals surface area contributed by atoms with E-state index in [1.54, 1.807) is 33.3 Å². The van der Waals surface area contributed by atoms with Crippen molar-refractivity contribution in [2.75, 3.05) is 20.8 Å². The van der Waals surface area contributed by atoms with E-state index in [9.17, 15) is 4.79 Å². The standard InChI is InChI=1S/C20H18BrNO4/c1-4-26-20(23)16-11-18(22-17-8-5-12(21)9-15(16)17)14-7-6-13(24-2)10-19(14)25-3/h5-11H,4H2,1-3H3. The molecule has 0 aliphatic heterocycles. The molecule has 1 aromatic heterocycles. The van der Waals surface area contributed by atoms with Crippen LogP contribution in [0.25, 0.3) is 22.2 Å². The van der Waals surface area contributed by atoms with Crippen molar-refractivity contribution >= 4 is 32.8 Å². The molecule has 0 N–H and O–H groups in total. The van der Waals surface area contributed by atoms with Gasteiger partial charge in [-0.15, -0.1) is 0 Å². The van der Waals surface area contributed by atoms with Gasteiger partial charge in [0.25, 0.3) is 0 Å². The van der Waals surface area contributed by atoms with Crippen LogP contribution in [0.2, 0.25) is 0 Å². The van der Waals surface area contributed by atoms with Crippen LogP contribution in [0.5, 0.6) is 11.5 Å². The summed E-state index contributed by atoms with van der Waals surface area (Å²) in [7, 11) is 3.18. The van der Waals surface area contributed by atoms with Crippen LogP contribution in [0.3, 0.4) is 0 Å². The van der Waals surface area contributed by atoms with Crippen LogP contribution < -0.4 is 9.47 Å². The molecule has 0 aliphatic rings. The average Bonchev–Trinajstić information content (AvgIpc) is 2.66. The maximum Gasteiger partial charge on any atom is 0.338 e. The van der Waals surface area contributed by atoms with Gasteiger partial charge in [0, 0.05) is 21.5 Å². The van der Waals surface area contributed by atoms with Crippen LogP contribution in [-0.2, 0) is 4.74 Å². The number of aromatic nitrogens is 1. The number of hydrogen-bond acceptors (Lipinski definition) is 5. The van der Waals surface area contributed by atoms with Crippen molar-refractivity contribution in [3.05, 3.63) is 52.5 Å². The second kappa shape index (κ2) is 7.74. The van der Waals surface area contributed by atoms with Crippen molar-refractivity contribution < 1.29 is 19.0 Å². The van der Waals surface area contributed by atoms with Gasteiger partial charge in [0.1, 0.15) is 11.5 Å². The van der Waals surface area contributed by atoms with E-state index in [0.29, 0.717) is 34.9 Å². The first kappa shape index (κ1) is 18.2. The smallest absolute Gasteiger partial charge is 0.338 e. The lowest BCUT2D eigenvalue weighted by molar-refractivity contribution is 0.0528. The van der Waals surface area contributed by atoms with Crippen molar-refractivity contribution in [2.24, 2.45) is 0 Å². The Morgan fingerprint density at radius 1 is 1.08 bits per heavy atom. The fourth-order valence-electron chi connectivity index (χ4n) is 2.72. The number of carbonyl (C=O) groups excluding carboxylic acids is 1. The molecule has 1 heterocycles. The predicted molar refractivity (Wildman–Crippen MR) is 104 cm³/mol. The minimum atomic E-state index is -0.383. The highest BCUT2D eigenvalue weighted by molar-refractivity contribution is 9.10. The lowest BCUT2D eigenvalue weighted by Crippen LogP contribution is -2.07. The molecule has 0 bridgehead atoms. The zero-order valence-electron chi connectivity index (χ0n) is 14.7. The summed E-state index contributed by atoms with van der Waals surface area (Å²) < 4.78 is 16.8. The molecule has 0 saturated carbocycles. The van der Waals surface area contributed by atoms with E-state index >= 15 is 0 Å². The third-order valence-electron chi connectivity index (χ3n) is 3.95. The van der Waals surface area contributed by atoms with Gasteiger partial charge >= 0.3 is 5.97 Å². The summed E-state index contributed by atoms with van der Waals surface area (Å²) in [5, 5.41) is 0.731. The number of carbonyl (C=O) groups is 1. The summed E-state index contributed by atoms with van der Waals surface area (Å²) in [6, 6.07) is 12.8. The monoisotopic (exact) mass is 415 g/mol. The first-order chi connectivity index (χ1) is 12.6. The number of pyridine rings is 1. The number of esters is 1. The quantitative estimate of drug-likeness (QED) is 0.556. The molecule has 26 heavy (non-hydrogen) atoms. The number of fused-ring (bicyclic) bond motifs is 1. The van der Waals surface area contributed by atoms with Gasteiger partial charge in [-0.25, -0.2) is 9.78 Å². The Kier molecular flexibility index (Phi) is 5.42. The van der Waals surface area contributed by atoms with E-state index in [2.05, 4.69) is 15.9 Å². The molecule has 5 nitrogen and oxygen atoms in total. The highest BCUT2D eigenvalue weighted by Gasteiger charge is 2.17. The lowest BCUT2D eigenvalue weighted by Gasteiger charge is -2.13. The molecular weight excluding hydrogens is 398 g/mol. The van der Waals surface area contributed by atoms with Crippen LogP contribution >= 0.6 is 15.9 Å². The number of benzene rings is 2. The Bertz CT molecular complexity index is 971. The van der Waals surface area contributed by atoms with E-state index in [4.69, 9.17) is 19.2 Å². The Labute approximate surface area is 160 Å². The molecule has 0 saturated heterocycles. The maximum absolute atomic E-state index is 12.5. The van der Waals surface area contributed by atoms with Crippen molar-refractivity contribution in [3.63, 3.8) is 0 Å². The number of methoxy groups -OCH3 is 2. The highest BCUT2D eigenvalue weighted by Crippen LogP contribution is 2.35. The molecule has 0 atom stereocenters. The minimum absolute atomic E-state index is 0.303. The average molecular weight is 416 g/mol. The first-order valence-electron chi connectivity index (χ1n) is 8.07. The first-order valence-corrected chi connectivity index (χ1v) is 8.86. The maximum atomic E-state index is 12.5. The molecule has 3 aromatic rings. The summed E-state index contributed by atoms with van der Waals surface area (Å²) in [4.78, 5) is 17.2. The van der Waals surface area contributed by atoms with Crippen LogP contribution in [0.1, 0.15) is 17.3 Å². The topological polar surface area (TPSA) is 57.7 Å². The predicted octanol–water partition coefficient (Wildman–Crippen LogP) is 4.86. The largest absolute Gasteiger partial charge is 0.497 e. The zero-order valence-corrected chi connectivity index (χ0v) is 16.3. The second-order valence-corrected chi connectivity index (χ2v) is 6.42. The van der Waals surface area contributed by atoms with Gasteiger partial charge < -0.3 is 14.2 Å². The number of nitrogens with zero attached hydrogens (tertiary/aromatic N) is 1. The fraction of sp³-hybridized carbons (Fsp3) is 0.200. The number of ether oxygens (including phenoxy) is 3. The normalized spacial score (nSPS) is 10.6. The molecule has 0 fully saturated rings. The molecule has 2 aromatic carbocycles. The number of halogens is 1. The molecule has 0 amide bonds. The van der Waals surface area contributed by atoms with E-state index in [0.717, 1.165) is 15.4 Å². The summed E-state index contributed by atoms with van der Waals surface area (Å²) in [6.45, 7) is 2.09. The SMILES string of the molecule is CCOC(=O)c1cc(-c2ccc(OC)cc2OC)nc2ccc(Br)cc12. The number of rotatable bonds is 5. The van der Waals surface area contributed by atoms with Gasteiger partial charge in [-0.1, -0.05) is 15.9 Å². The lowest BCUT2D eigenvalue weighted by atomic mass is 10.0. The Hall–Kier alpha value is -2.60. The van der Waals surface area contributed by atoms with Crippen molar-refractivity contribution in [1.82, 2.24) is 4.98 Å². The van der Waals surface area contributed by atoms with Gasteiger partial charge in [-0.2, -0.15) is 0 Å². The zero-order chi connectivity index (χ0) is 18.7. The third-order valence-corrected chi connectivity index (χ3v) is 4.44. The van der Waals surface area contributed by atoms with Crippen molar-refractivity contribution in [2.45, 2.75) is 6.92 Å². The highest BCUT2D eigenvalue weighted by atomic mass is 79.9. The Morgan fingerprint density at radius 2 is 1.88 bits per heavy atom. The van der Waals surface area contributed by atoms with Gasteiger partial charge in [-0.3, -0.25) is 0 Å². The molecule has 0 spiro atoms.